The van der Waals surface area contributed by atoms with Gasteiger partial charge in [-0.2, -0.15) is 0 Å². The summed E-state index contributed by atoms with van der Waals surface area (Å²) >= 11 is 6.35. The maximum absolute atomic E-state index is 12.1. The molecule has 1 aliphatic heterocycles. The molecular formula is C22H28ClNO6. The number of benzene rings is 1. The first-order chi connectivity index (χ1) is 14.1. The smallest absolute Gasteiger partial charge is 0.341 e. The standard InChI is InChI=1S/C19H20ClNO6.C3H8/c1-19(2,9-22)10-27-17-7-16-11(5-13(17)20)14-6-15(23)12(18(24)25)8-21(14)3-4-26-16;1-3-2/h5-8,22H,3-4,9-10H2,1-2H3,(H,24,25);3H2,1-2H3. The first-order valence-electron chi connectivity index (χ1n) is 9.81. The van der Waals surface area contributed by atoms with Crippen LogP contribution in [0.1, 0.15) is 44.5 Å². The lowest BCUT2D eigenvalue weighted by molar-refractivity contribution is 0.0694. The molecule has 0 atom stereocenters. The van der Waals surface area contributed by atoms with E-state index >= 15 is 0 Å². The van der Waals surface area contributed by atoms with Crippen LogP contribution < -0.4 is 14.9 Å². The fourth-order valence-electron chi connectivity index (χ4n) is 2.69. The van der Waals surface area contributed by atoms with E-state index < -0.39 is 16.8 Å². The van der Waals surface area contributed by atoms with Crippen LogP contribution in [0.5, 0.6) is 11.5 Å². The van der Waals surface area contributed by atoms with Crippen LogP contribution in [0.25, 0.3) is 11.3 Å². The summed E-state index contributed by atoms with van der Waals surface area (Å²) in [7, 11) is 0. The highest BCUT2D eigenvalue weighted by atomic mass is 35.5. The van der Waals surface area contributed by atoms with Crippen molar-refractivity contribution in [3.63, 3.8) is 0 Å². The summed E-state index contributed by atoms with van der Waals surface area (Å²) in [6, 6.07) is 4.56. The summed E-state index contributed by atoms with van der Waals surface area (Å²) in [5, 5.41) is 18.8. The van der Waals surface area contributed by atoms with Gasteiger partial charge in [0.2, 0.25) is 0 Å². The number of aromatic nitrogens is 1. The molecule has 0 spiro atoms. The highest BCUT2D eigenvalue weighted by Gasteiger charge is 2.23. The molecule has 1 aliphatic rings. The van der Waals surface area contributed by atoms with Crippen LogP contribution in [0.3, 0.4) is 0 Å². The van der Waals surface area contributed by atoms with Gasteiger partial charge in [-0.3, -0.25) is 4.79 Å². The molecular weight excluding hydrogens is 410 g/mol. The van der Waals surface area contributed by atoms with E-state index in [1.807, 2.05) is 13.8 Å². The van der Waals surface area contributed by atoms with Crippen LogP contribution in [0.2, 0.25) is 5.02 Å². The minimum Gasteiger partial charge on any atom is -0.491 e. The predicted octanol–water partition coefficient (Wildman–Crippen LogP) is 4.07. The zero-order valence-electron chi connectivity index (χ0n) is 17.7. The molecule has 7 nitrogen and oxygen atoms in total. The summed E-state index contributed by atoms with van der Waals surface area (Å²) in [5.74, 6) is -0.367. The van der Waals surface area contributed by atoms with Crippen molar-refractivity contribution < 1.29 is 24.5 Å². The zero-order chi connectivity index (χ0) is 22.5. The molecule has 0 saturated carbocycles. The van der Waals surface area contributed by atoms with E-state index in [1.165, 1.54) is 18.7 Å². The Morgan fingerprint density at radius 2 is 1.97 bits per heavy atom. The van der Waals surface area contributed by atoms with Gasteiger partial charge >= 0.3 is 5.97 Å². The summed E-state index contributed by atoms with van der Waals surface area (Å²) < 4.78 is 13.2. The Morgan fingerprint density at radius 3 is 2.57 bits per heavy atom. The van der Waals surface area contributed by atoms with Gasteiger partial charge < -0.3 is 24.3 Å². The average Bonchev–Trinajstić information content (AvgIpc) is 2.85. The van der Waals surface area contributed by atoms with Crippen molar-refractivity contribution in [3.8, 4) is 22.8 Å². The number of carbonyl (C=O) groups is 1. The number of fused-ring (bicyclic) bond motifs is 3. The van der Waals surface area contributed by atoms with E-state index in [9.17, 15) is 14.7 Å². The zero-order valence-corrected chi connectivity index (χ0v) is 18.5. The van der Waals surface area contributed by atoms with E-state index in [1.54, 1.807) is 16.7 Å². The van der Waals surface area contributed by atoms with Crippen LogP contribution in [-0.2, 0) is 6.54 Å². The largest absolute Gasteiger partial charge is 0.491 e. The van der Waals surface area contributed by atoms with Crippen LogP contribution in [-0.4, -0.2) is 40.6 Å². The van der Waals surface area contributed by atoms with Crippen LogP contribution in [0, 0.1) is 5.41 Å². The molecule has 8 heteroatoms. The fraction of sp³-hybridized carbons (Fsp3) is 0.455. The Kier molecular flexibility index (Phi) is 7.92. The van der Waals surface area contributed by atoms with Gasteiger partial charge in [0.25, 0.3) is 0 Å². The van der Waals surface area contributed by atoms with E-state index in [2.05, 4.69) is 13.8 Å². The molecule has 0 unspecified atom stereocenters. The number of pyridine rings is 1. The van der Waals surface area contributed by atoms with Crippen molar-refractivity contribution >= 4 is 17.6 Å². The number of nitrogens with zero attached hydrogens (tertiary/aromatic N) is 1. The fourth-order valence-corrected chi connectivity index (χ4v) is 2.91. The number of hydrogen-bond acceptors (Lipinski definition) is 5. The first-order valence-corrected chi connectivity index (χ1v) is 10.2. The van der Waals surface area contributed by atoms with E-state index in [4.69, 9.17) is 26.2 Å². The van der Waals surface area contributed by atoms with Gasteiger partial charge in [0, 0.05) is 29.3 Å². The third kappa shape index (κ3) is 5.55. The lowest BCUT2D eigenvalue weighted by Gasteiger charge is -2.22. The van der Waals surface area contributed by atoms with Crippen LogP contribution in [0.4, 0.5) is 0 Å². The van der Waals surface area contributed by atoms with Crippen LogP contribution in [0.15, 0.2) is 29.2 Å². The second kappa shape index (κ2) is 10.00. The number of aliphatic hydroxyl groups is 1. The Balaban J connectivity index is 0.00000101. The van der Waals surface area contributed by atoms with Crippen LogP contribution >= 0.6 is 11.6 Å². The Bertz CT molecular complexity index is 967. The number of carboxylic acid groups (broad SMARTS) is 1. The van der Waals surface area contributed by atoms with Crippen molar-refractivity contribution in [2.75, 3.05) is 19.8 Å². The summed E-state index contributed by atoms with van der Waals surface area (Å²) in [5.41, 5.74) is -0.186. The lowest BCUT2D eigenvalue weighted by atomic mass is 9.96. The Hall–Kier alpha value is -2.51. The minimum atomic E-state index is -1.27. The van der Waals surface area contributed by atoms with E-state index in [0.717, 1.165) is 0 Å². The van der Waals surface area contributed by atoms with Gasteiger partial charge in [-0.25, -0.2) is 4.79 Å². The third-order valence-electron chi connectivity index (χ3n) is 4.30. The summed E-state index contributed by atoms with van der Waals surface area (Å²) in [6.45, 7) is 8.89. The summed E-state index contributed by atoms with van der Waals surface area (Å²) in [4.78, 5) is 23.4. The second-order valence-corrected chi connectivity index (χ2v) is 8.29. The van der Waals surface area contributed by atoms with E-state index in [-0.39, 0.29) is 18.8 Å². The molecule has 0 amide bonds. The first kappa shape index (κ1) is 23.8. The summed E-state index contributed by atoms with van der Waals surface area (Å²) in [6.07, 6.45) is 2.57. The molecule has 2 heterocycles. The lowest BCUT2D eigenvalue weighted by Crippen LogP contribution is -2.25. The van der Waals surface area contributed by atoms with Crippen molar-refractivity contribution in [1.82, 2.24) is 4.57 Å². The van der Waals surface area contributed by atoms with Gasteiger partial charge in [0.05, 0.1) is 30.5 Å². The monoisotopic (exact) mass is 437 g/mol. The molecule has 2 N–H and O–H groups in total. The maximum Gasteiger partial charge on any atom is 0.341 e. The number of rotatable bonds is 5. The van der Waals surface area contributed by atoms with Gasteiger partial charge in [0.1, 0.15) is 23.7 Å². The minimum absolute atomic E-state index is 0.0335. The number of carboxylic acids is 1. The molecule has 0 bridgehead atoms. The number of aromatic carboxylic acids is 1. The quantitative estimate of drug-likeness (QED) is 0.731. The molecule has 3 rings (SSSR count). The SMILES string of the molecule is CC(C)(CO)COc1cc2c(cc1Cl)-c1cc(=O)c(C(=O)O)cn1CCO2.CCC. The van der Waals surface area contributed by atoms with Gasteiger partial charge in [-0.1, -0.05) is 45.7 Å². The topological polar surface area (TPSA) is 98.0 Å². The number of aliphatic hydroxyl groups excluding tert-OH is 1. The number of hydrogen-bond donors (Lipinski definition) is 2. The Morgan fingerprint density at radius 1 is 1.30 bits per heavy atom. The van der Waals surface area contributed by atoms with Crippen molar-refractivity contribution in [2.24, 2.45) is 5.41 Å². The van der Waals surface area contributed by atoms with Gasteiger partial charge in [-0.15, -0.1) is 0 Å². The highest BCUT2D eigenvalue weighted by Crippen LogP contribution is 2.40. The van der Waals surface area contributed by atoms with Crippen molar-refractivity contribution in [1.29, 1.82) is 0 Å². The number of ether oxygens (including phenoxy) is 2. The average molecular weight is 438 g/mol. The molecule has 30 heavy (non-hydrogen) atoms. The molecule has 1 aromatic heterocycles. The molecule has 0 fully saturated rings. The highest BCUT2D eigenvalue weighted by molar-refractivity contribution is 6.32. The molecule has 0 radical (unpaired) electrons. The third-order valence-corrected chi connectivity index (χ3v) is 4.60. The predicted molar refractivity (Wildman–Crippen MR) is 116 cm³/mol. The molecule has 2 aromatic rings. The molecule has 1 aromatic carbocycles. The van der Waals surface area contributed by atoms with Gasteiger partial charge in [-0.05, 0) is 6.07 Å². The Labute approximate surface area is 180 Å². The maximum atomic E-state index is 12.1. The molecule has 0 saturated heterocycles. The van der Waals surface area contributed by atoms with Crippen molar-refractivity contribution in [3.05, 3.63) is 45.2 Å². The van der Waals surface area contributed by atoms with Gasteiger partial charge in [0.15, 0.2) is 5.43 Å². The number of halogens is 1. The molecule has 0 aliphatic carbocycles. The second-order valence-electron chi connectivity index (χ2n) is 7.88. The molecule has 164 valence electrons. The normalized spacial score (nSPS) is 12.5. The van der Waals surface area contributed by atoms with Crippen molar-refractivity contribution in [2.45, 2.75) is 40.7 Å². The van der Waals surface area contributed by atoms with E-state index in [0.29, 0.717) is 40.9 Å².